The van der Waals surface area contributed by atoms with E-state index in [1.165, 1.54) is 12.1 Å². The van der Waals surface area contributed by atoms with Crippen LogP contribution in [0.2, 0.25) is 0 Å². The highest BCUT2D eigenvalue weighted by atomic mass is 127. The van der Waals surface area contributed by atoms with Crippen molar-refractivity contribution in [2.75, 3.05) is 6.61 Å². The maximum atomic E-state index is 13.4. The molecular weight excluding hydrogens is 367 g/mol. The van der Waals surface area contributed by atoms with E-state index >= 15 is 0 Å². The Kier molecular flexibility index (Phi) is 3.72. The summed E-state index contributed by atoms with van der Waals surface area (Å²) >= 11 is 1.82. The molecule has 0 saturated carbocycles. The Bertz CT molecular complexity index is 465. The van der Waals surface area contributed by atoms with Crippen molar-refractivity contribution in [3.8, 4) is 5.75 Å². The van der Waals surface area contributed by atoms with Gasteiger partial charge in [0.25, 0.3) is 12.3 Å². The van der Waals surface area contributed by atoms with Gasteiger partial charge in [0, 0.05) is 21.1 Å². The minimum absolute atomic E-state index is 0.0121. The molecule has 0 amide bonds. The molecule has 1 N–H and O–H groups in total. The van der Waals surface area contributed by atoms with Crippen molar-refractivity contribution in [3.63, 3.8) is 0 Å². The van der Waals surface area contributed by atoms with Gasteiger partial charge < -0.3 is 9.84 Å². The Morgan fingerprint density at radius 3 is 2.72 bits per heavy atom. The van der Waals surface area contributed by atoms with Crippen molar-refractivity contribution < 1.29 is 27.4 Å². The van der Waals surface area contributed by atoms with Gasteiger partial charge in [-0.05, 0) is 34.7 Å². The van der Waals surface area contributed by atoms with E-state index < -0.39 is 31.5 Å². The molecule has 2 rings (SSSR count). The normalized spacial score (nSPS) is 21.2. The first kappa shape index (κ1) is 13.9. The summed E-state index contributed by atoms with van der Waals surface area (Å²) < 4.78 is 56.3. The first-order valence-electron chi connectivity index (χ1n) is 5.11. The van der Waals surface area contributed by atoms with Gasteiger partial charge in [0.05, 0.1) is 0 Å². The van der Waals surface area contributed by atoms with E-state index in [-0.39, 0.29) is 16.9 Å². The molecule has 0 aliphatic heterocycles. The van der Waals surface area contributed by atoms with E-state index in [9.17, 15) is 22.7 Å². The highest BCUT2D eigenvalue weighted by molar-refractivity contribution is 14.1. The second-order valence-corrected chi connectivity index (χ2v) is 5.14. The number of aliphatic hydroxyl groups excluding tert-OH is 1. The monoisotopic (exact) mass is 376 g/mol. The lowest BCUT2D eigenvalue weighted by molar-refractivity contribution is -0.0971. The SMILES string of the molecule is OC1c2c(I)ccc(OCC(F)F)c2CC1(F)F. The molecule has 18 heavy (non-hydrogen) atoms. The van der Waals surface area contributed by atoms with Crippen molar-refractivity contribution in [1.29, 1.82) is 0 Å². The third-order valence-corrected chi connectivity index (χ3v) is 3.65. The van der Waals surface area contributed by atoms with E-state index in [0.717, 1.165) is 0 Å². The molecule has 0 heterocycles. The van der Waals surface area contributed by atoms with Crippen LogP contribution in [0.4, 0.5) is 17.6 Å². The lowest BCUT2D eigenvalue weighted by Crippen LogP contribution is -2.21. The van der Waals surface area contributed by atoms with E-state index in [1.54, 1.807) is 0 Å². The average molecular weight is 376 g/mol. The summed E-state index contributed by atoms with van der Waals surface area (Å²) in [5.74, 6) is -3.30. The quantitative estimate of drug-likeness (QED) is 0.649. The molecule has 0 bridgehead atoms. The second-order valence-electron chi connectivity index (χ2n) is 3.98. The Morgan fingerprint density at radius 1 is 1.44 bits per heavy atom. The number of alkyl halides is 4. The lowest BCUT2D eigenvalue weighted by atomic mass is 10.1. The molecule has 7 heteroatoms. The van der Waals surface area contributed by atoms with Gasteiger partial charge in [-0.25, -0.2) is 17.6 Å². The van der Waals surface area contributed by atoms with Crippen molar-refractivity contribution in [1.82, 2.24) is 0 Å². The third kappa shape index (κ3) is 2.42. The number of halogens is 5. The molecular formula is C11H9F4IO2. The van der Waals surface area contributed by atoms with Crippen molar-refractivity contribution in [3.05, 3.63) is 26.8 Å². The summed E-state index contributed by atoms with van der Waals surface area (Å²) in [7, 11) is 0. The van der Waals surface area contributed by atoms with E-state index in [0.29, 0.717) is 3.57 Å². The van der Waals surface area contributed by atoms with Gasteiger partial charge in [-0.1, -0.05) is 0 Å². The Morgan fingerprint density at radius 2 is 2.11 bits per heavy atom. The highest BCUT2D eigenvalue weighted by Gasteiger charge is 2.49. The minimum Gasteiger partial charge on any atom is -0.487 e. The van der Waals surface area contributed by atoms with Crippen molar-refractivity contribution >= 4 is 22.6 Å². The fraction of sp³-hybridized carbons (Fsp3) is 0.455. The van der Waals surface area contributed by atoms with Crippen LogP contribution in [0.15, 0.2) is 12.1 Å². The minimum atomic E-state index is -3.29. The molecule has 1 aromatic carbocycles. The van der Waals surface area contributed by atoms with Crippen LogP contribution in [0.5, 0.6) is 5.75 Å². The highest BCUT2D eigenvalue weighted by Crippen LogP contribution is 2.48. The fourth-order valence-electron chi connectivity index (χ4n) is 1.93. The van der Waals surface area contributed by atoms with Gasteiger partial charge in [0.1, 0.15) is 18.5 Å². The largest absolute Gasteiger partial charge is 0.487 e. The van der Waals surface area contributed by atoms with E-state index in [1.807, 2.05) is 22.6 Å². The van der Waals surface area contributed by atoms with Gasteiger partial charge in [-0.2, -0.15) is 0 Å². The molecule has 1 aromatic rings. The molecule has 1 atom stereocenters. The summed E-state index contributed by atoms with van der Waals surface area (Å²) in [4.78, 5) is 0. The first-order chi connectivity index (χ1) is 8.33. The number of aliphatic hydroxyl groups is 1. The van der Waals surface area contributed by atoms with Gasteiger partial charge >= 0.3 is 0 Å². The van der Waals surface area contributed by atoms with E-state index in [4.69, 9.17) is 4.74 Å². The molecule has 0 fully saturated rings. The third-order valence-electron chi connectivity index (χ3n) is 2.71. The van der Waals surface area contributed by atoms with Crippen LogP contribution in [0, 0.1) is 3.57 Å². The van der Waals surface area contributed by atoms with Crippen LogP contribution >= 0.6 is 22.6 Å². The van der Waals surface area contributed by atoms with Gasteiger partial charge in [0.2, 0.25) is 0 Å². The smallest absolute Gasteiger partial charge is 0.281 e. The van der Waals surface area contributed by atoms with Crippen LogP contribution < -0.4 is 4.74 Å². The molecule has 1 aliphatic carbocycles. The van der Waals surface area contributed by atoms with Gasteiger partial charge in [-0.3, -0.25) is 0 Å². The number of rotatable bonds is 3. The summed E-state index contributed by atoms with van der Waals surface area (Å²) in [6, 6.07) is 2.84. The first-order valence-corrected chi connectivity index (χ1v) is 6.19. The number of fused-ring (bicyclic) bond motifs is 1. The molecule has 0 spiro atoms. The average Bonchev–Trinajstić information content (AvgIpc) is 2.50. The summed E-state index contributed by atoms with van der Waals surface area (Å²) in [5.41, 5.74) is 0.187. The standard InChI is InChI=1S/C11H9F4IO2/c12-8(13)4-18-7-2-1-6(16)9-5(7)3-11(14,15)10(9)17/h1-2,8,10,17H,3-4H2. The Balaban J connectivity index is 2.37. The number of hydrogen-bond acceptors (Lipinski definition) is 2. The van der Waals surface area contributed by atoms with E-state index in [2.05, 4.69) is 0 Å². The molecule has 1 aliphatic rings. The molecule has 0 aromatic heterocycles. The Labute approximate surface area is 114 Å². The molecule has 1 unspecified atom stereocenters. The van der Waals surface area contributed by atoms with Gasteiger partial charge in [-0.15, -0.1) is 0 Å². The van der Waals surface area contributed by atoms with Crippen LogP contribution in [0.1, 0.15) is 17.2 Å². The molecule has 2 nitrogen and oxygen atoms in total. The van der Waals surface area contributed by atoms with Crippen LogP contribution in [0.3, 0.4) is 0 Å². The topological polar surface area (TPSA) is 29.5 Å². The summed E-state index contributed by atoms with van der Waals surface area (Å²) in [6.45, 7) is -0.852. The molecule has 100 valence electrons. The number of hydrogen-bond donors (Lipinski definition) is 1. The van der Waals surface area contributed by atoms with Crippen molar-refractivity contribution in [2.45, 2.75) is 24.9 Å². The summed E-state index contributed by atoms with van der Waals surface area (Å²) in [6.07, 6.45) is -5.28. The zero-order valence-corrected chi connectivity index (χ0v) is 11.1. The zero-order chi connectivity index (χ0) is 13.5. The van der Waals surface area contributed by atoms with Gasteiger partial charge in [0.15, 0.2) is 0 Å². The molecule has 0 saturated heterocycles. The van der Waals surface area contributed by atoms with Crippen LogP contribution in [-0.2, 0) is 6.42 Å². The number of benzene rings is 1. The molecule has 0 radical (unpaired) electrons. The maximum absolute atomic E-state index is 13.4. The second kappa shape index (κ2) is 4.84. The predicted molar refractivity (Wildman–Crippen MR) is 64.3 cm³/mol. The van der Waals surface area contributed by atoms with Crippen LogP contribution in [0.25, 0.3) is 0 Å². The Hall–Kier alpha value is -0.570. The zero-order valence-electron chi connectivity index (χ0n) is 8.97. The maximum Gasteiger partial charge on any atom is 0.281 e. The predicted octanol–water partition coefficient (Wildman–Crippen LogP) is 3.16. The van der Waals surface area contributed by atoms with Crippen LogP contribution in [-0.4, -0.2) is 24.1 Å². The summed E-state index contributed by atoms with van der Waals surface area (Å²) in [5, 5.41) is 9.53. The number of ether oxygens (including phenoxy) is 1. The lowest BCUT2D eigenvalue weighted by Gasteiger charge is -2.14. The fourth-order valence-corrected chi connectivity index (χ4v) is 2.73. The van der Waals surface area contributed by atoms with Crippen molar-refractivity contribution in [2.24, 2.45) is 0 Å².